The molecule has 13 heavy (non-hydrogen) atoms. The third-order valence-corrected chi connectivity index (χ3v) is 1.59. The molecule has 0 aromatic carbocycles. The largest absolute Gasteiger partial charge is 0.394 e. The van der Waals surface area contributed by atoms with Gasteiger partial charge in [0.1, 0.15) is 31.0 Å². The first-order valence-corrected chi connectivity index (χ1v) is 3.66. The molecule has 0 fully saturated rings. The van der Waals surface area contributed by atoms with Crippen molar-refractivity contribution in [2.24, 2.45) is 5.18 Å². The van der Waals surface area contributed by atoms with E-state index >= 15 is 0 Å². The topological polar surface area (TPSA) is 131 Å². The molecule has 0 saturated carbocycles. The molecule has 0 unspecified atom stereocenters. The summed E-state index contributed by atoms with van der Waals surface area (Å²) < 4.78 is 0. The number of aliphatic hydroxyl groups excluding tert-OH is 5. The van der Waals surface area contributed by atoms with Crippen molar-refractivity contribution in [3.63, 3.8) is 0 Å². The Balaban J connectivity index is 4.06. The summed E-state index contributed by atoms with van der Waals surface area (Å²) in [4.78, 5) is 9.67. The number of aliphatic hydroxyl groups is 5. The molecule has 0 aromatic rings. The molecule has 0 aliphatic heterocycles. The zero-order valence-corrected chi connectivity index (χ0v) is 6.82. The minimum absolute atomic E-state index is 0.587. The first-order valence-electron chi connectivity index (χ1n) is 3.66. The summed E-state index contributed by atoms with van der Waals surface area (Å²) in [6.07, 6.45) is -6.52. The van der Waals surface area contributed by atoms with E-state index in [-0.39, 0.29) is 0 Å². The number of nitroso groups, excluding NO2 is 1. The van der Waals surface area contributed by atoms with E-state index in [4.69, 9.17) is 25.5 Å². The van der Waals surface area contributed by atoms with Crippen LogP contribution in [0, 0.1) is 4.91 Å². The Labute approximate surface area is 74.2 Å². The van der Waals surface area contributed by atoms with Crippen molar-refractivity contribution in [1.29, 1.82) is 0 Å². The average molecular weight is 195 g/mol. The molecule has 0 spiro atoms. The van der Waals surface area contributed by atoms with Crippen molar-refractivity contribution in [3.8, 4) is 0 Å². The minimum atomic E-state index is -1.71. The maximum atomic E-state index is 9.67. The molecule has 5 N–H and O–H groups in total. The molecule has 0 heterocycles. The van der Waals surface area contributed by atoms with Crippen molar-refractivity contribution < 1.29 is 25.5 Å². The summed E-state index contributed by atoms with van der Waals surface area (Å²) >= 11 is 0. The molecule has 0 rings (SSSR count). The standard InChI is InChI=1S/C6H13NO6/c8-2-4(10)6(12)5(11)3(9)1-7-13/h3-6,8-12H,1-2H2/t3-,4+,5+,6+/m0/s1. The fourth-order valence-electron chi connectivity index (χ4n) is 0.748. The van der Waals surface area contributed by atoms with Crippen LogP contribution >= 0.6 is 0 Å². The van der Waals surface area contributed by atoms with Crippen molar-refractivity contribution in [1.82, 2.24) is 0 Å². The van der Waals surface area contributed by atoms with E-state index in [0.717, 1.165) is 0 Å². The fourth-order valence-corrected chi connectivity index (χ4v) is 0.748. The molecule has 0 aliphatic carbocycles. The predicted molar refractivity (Wildman–Crippen MR) is 41.8 cm³/mol. The highest BCUT2D eigenvalue weighted by molar-refractivity contribution is 4.81. The van der Waals surface area contributed by atoms with Gasteiger partial charge in [0.2, 0.25) is 0 Å². The Morgan fingerprint density at radius 1 is 1.00 bits per heavy atom. The van der Waals surface area contributed by atoms with Gasteiger partial charge in [-0.2, -0.15) is 4.91 Å². The van der Waals surface area contributed by atoms with Gasteiger partial charge in [-0.15, -0.1) is 0 Å². The number of hydrogen-bond acceptors (Lipinski definition) is 7. The number of rotatable bonds is 6. The summed E-state index contributed by atoms with van der Waals surface area (Å²) in [5.41, 5.74) is 0. The van der Waals surface area contributed by atoms with Gasteiger partial charge in [-0.1, -0.05) is 5.18 Å². The molecule has 0 radical (unpaired) electrons. The molecule has 0 saturated heterocycles. The number of hydrogen-bond donors (Lipinski definition) is 5. The van der Waals surface area contributed by atoms with Gasteiger partial charge in [-0.05, 0) is 0 Å². The molecular weight excluding hydrogens is 182 g/mol. The van der Waals surface area contributed by atoms with Crippen LogP contribution in [-0.2, 0) is 0 Å². The minimum Gasteiger partial charge on any atom is -0.394 e. The highest BCUT2D eigenvalue weighted by atomic mass is 16.4. The van der Waals surface area contributed by atoms with Crippen LogP contribution in [0.2, 0.25) is 0 Å². The summed E-state index contributed by atoms with van der Waals surface area (Å²) in [6.45, 7) is -1.34. The van der Waals surface area contributed by atoms with Crippen LogP contribution in [0.25, 0.3) is 0 Å². The van der Waals surface area contributed by atoms with Gasteiger partial charge in [-0.25, -0.2) is 0 Å². The summed E-state index contributed by atoms with van der Waals surface area (Å²) in [6, 6.07) is 0. The second-order valence-corrected chi connectivity index (χ2v) is 2.61. The van der Waals surface area contributed by atoms with Gasteiger partial charge < -0.3 is 25.5 Å². The average Bonchev–Trinajstić information content (AvgIpc) is 2.14. The van der Waals surface area contributed by atoms with Crippen LogP contribution in [0.1, 0.15) is 0 Å². The molecule has 0 aromatic heterocycles. The van der Waals surface area contributed by atoms with Crippen LogP contribution in [0.4, 0.5) is 0 Å². The van der Waals surface area contributed by atoms with E-state index in [9.17, 15) is 4.91 Å². The van der Waals surface area contributed by atoms with Gasteiger partial charge >= 0.3 is 0 Å². The molecular formula is C6H13NO6. The first-order chi connectivity index (χ1) is 6.04. The normalized spacial score (nSPS) is 20.4. The lowest BCUT2D eigenvalue weighted by molar-refractivity contribution is -0.112. The lowest BCUT2D eigenvalue weighted by Crippen LogP contribution is -2.46. The van der Waals surface area contributed by atoms with Crippen LogP contribution in [0.5, 0.6) is 0 Å². The van der Waals surface area contributed by atoms with E-state index in [1.165, 1.54) is 0 Å². The quantitative estimate of drug-likeness (QED) is 0.291. The summed E-state index contributed by atoms with van der Waals surface area (Å²) in [7, 11) is 0. The second kappa shape index (κ2) is 5.95. The predicted octanol–water partition coefficient (Wildman–Crippen LogP) is -2.81. The maximum Gasteiger partial charge on any atom is 0.111 e. The smallest absolute Gasteiger partial charge is 0.111 e. The molecule has 0 bridgehead atoms. The lowest BCUT2D eigenvalue weighted by Gasteiger charge is -2.23. The van der Waals surface area contributed by atoms with Crippen molar-refractivity contribution in [2.75, 3.05) is 13.2 Å². The maximum absolute atomic E-state index is 9.67. The van der Waals surface area contributed by atoms with E-state index in [1.807, 2.05) is 0 Å². The SMILES string of the molecule is O=NC[C@H](O)[C@@H](O)[C@H](O)[C@H](O)CO. The van der Waals surface area contributed by atoms with E-state index in [2.05, 4.69) is 5.18 Å². The summed E-state index contributed by atoms with van der Waals surface area (Å²) in [5.74, 6) is 0. The van der Waals surface area contributed by atoms with Gasteiger partial charge in [0.25, 0.3) is 0 Å². The van der Waals surface area contributed by atoms with Crippen molar-refractivity contribution >= 4 is 0 Å². The Morgan fingerprint density at radius 2 is 1.46 bits per heavy atom. The van der Waals surface area contributed by atoms with Gasteiger partial charge in [0, 0.05) is 0 Å². The van der Waals surface area contributed by atoms with Gasteiger partial charge in [-0.3, -0.25) is 0 Å². The lowest BCUT2D eigenvalue weighted by atomic mass is 10.0. The first kappa shape index (κ1) is 12.4. The van der Waals surface area contributed by atoms with Crippen LogP contribution < -0.4 is 0 Å². The molecule has 4 atom stereocenters. The van der Waals surface area contributed by atoms with Crippen molar-refractivity contribution in [2.45, 2.75) is 24.4 Å². The van der Waals surface area contributed by atoms with Crippen LogP contribution in [0.15, 0.2) is 5.18 Å². The second-order valence-electron chi connectivity index (χ2n) is 2.61. The van der Waals surface area contributed by atoms with Gasteiger partial charge in [0.05, 0.1) is 6.61 Å². The molecule has 7 heteroatoms. The van der Waals surface area contributed by atoms with Gasteiger partial charge in [0.15, 0.2) is 0 Å². The van der Waals surface area contributed by atoms with Crippen molar-refractivity contribution in [3.05, 3.63) is 4.91 Å². The van der Waals surface area contributed by atoms with E-state index in [0.29, 0.717) is 0 Å². The summed E-state index contributed by atoms with van der Waals surface area (Å²) in [5, 5.41) is 46.5. The van der Waals surface area contributed by atoms with E-state index < -0.39 is 37.6 Å². The zero-order chi connectivity index (χ0) is 10.4. The molecule has 7 nitrogen and oxygen atoms in total. The Bertz CT molecular complexity index is 154. The monoisotopic (exact) mass is 195 g/mol. The van der Waals surface area contributed by atoms with E-state index in [1.54, 1.807) is 0 Å². The Kier molecular flexibility index (Phi) is 5.67. The molecule has 0 amide bonds. The Hall–Kier alpha value is -0.600. The highest BCUT2D eigenvalue weighted by Gasteiger charge is 2.29. The van der Waals surface area contributed by atoms with Crippen LogP contribution in [-0.4, -0.2) is 63.1 Å². The Morgan fingerprint density at radius 3 is 1.85 bits per heavy atom. The number of nitrogens with zero attached hydrogens (tertiary/aromatic N) is 1. The molecule has 0 aliphatic rings. The molecule has 78 valence electrons. The highest BCUT2D eigenvalue weighted by Crippen LogP contribution is 2.05. The zero-order valence-electron chi connectivity index (χ0n) is 6.82. The third kappa shape index (κ3) is 3.75. The van der Waals surface area contributed by atoms with Crippen LogP contribution in [0.3, 0.4) is 0 Å². The third-order valence-electron chi connectivity index (χ3n) is 1.59. The fraction of sp³-hybridized carbons (Fsp3) is 1.00.